The van der Waals surface area contributed by atoms with Crippen molar-refractivity contribution >= 4 is 12.1 Å². The highest BCUT2D eigenvalue weighted by molar-refractivity contribution is 6.04. The number of carbonyl (C=O) groups excluding carboxylic acids is 2. The number of aliphatic hydroxyl groups is 2. The van der Waals surface area contributed by atoms with Crippen molar-refractivity contribution < 1.29 is 39.5 Å². The summed E-state index contributed by atoms with van der Waals surface area (Å²) in [5.41, 5.74) is -1.14. The number of hydrogen-bond donors (Lipinski definition) is 4. The summed E-state index contributed by atoms with van der Waals surface area (Å²) in [6, 6.07) is 1.43. The third kappa shape index (κ3) is 4.17. The average Bonchev–Trinajstić information content (AvgIpc) is 3.48. The van der Waals surface area contributed by atoms with E-state index in [1.54, 1.807) is 0 Å². The van der Waals surface area contributed by atoms with Crippen LogP contribution in [0.2, 0.25) is 0 Å². The van der Waals surface area contributed by atoms with Gasteiger partial charge in [-0.15, -0.1) is 0 Å². The Morgan fingerprint density at radius 1 is 1.25 bits per heavy atom. The van der Waals surface area contributed by atoms with E-state index in [1.807, 2.05) is 27.7 Å². The Labute approximate surface area is 188 Å². The number of Topliss-reactive ketones (excluding diaryl/α,β-unsaturated/α-hetero) is 1. The molecule has 2 aliphatic heterocycles. The Hall–Kier alpha value is -2.00. The van der Waals surface area contributed by atoms with Crippen LogP contribution in [0.3, 0.4) is 0 Å². The first kappa shape index (κ1) is 24.6. The molecule has 0 saturated carbocycles. The maximum absolute atomic E-state index is 13.6. The first-order valence-electron chi connectivity index (χ1n) is 11.4. The Morgan fingerprint density at radius 3 is 2.44 bits per heavy atom. The summed E-state index contributed by atoms with van der Waals surface area (Å²) in [6.45, 7) is 7.66. The number of benzene rings is 1. The number of carbonyl (C=O) groups is 2. The quantitative estimate of drug-likeness (QED) is 0.256. The molecule has 8 heteroatoms. The van der Waals surface area contributed by atoms with Crippen LogP contribution in [0, 0.1) is 11.8 Å². The highest BCUT2D eigenvalue weighted by Crippen LogP contribution is 2.50. The van der Waals surface area contributed by atoms with Gasteiger partial charge in [-0.3, -0.25) is 9.59 Å². The highest BCUT2D eigenvalue weighted by atomic mass is 16.7. The van der Waals surface area contributed by atoms with Crippen molar-refractivity contribution in [3.8, 4) is 11.5 Å². The van der Waals surface area contributed by atoms with Crippen LogP contribution in [0.4, 0.5) is 0 Å². The lowest BCUT2D eigenvalue weighted by Crippen LogP contribution is -2.55. The zero-order valence-electron chi connectivity index (χ0n) is 19.1. The lowest BCUT2D eigenvalue weighted by atomic mass is 9.80. The van der Waals surface area contributed by atoms with Crippen LogP contribution in [0.25, 0.3) is 0 Å². The van der Waals surface area contributed by atoms with Crippen LogP contribution in [0.1, 0.15) is 79.7 Å². The minimum atomic E-state index is -1.37. The number of aliphatic hydroxyl groups excluding tert-OH is 2. The topological polar surface area (TPSA) is 137 Å². The van der Waals surface area contributed by atoms with E-state index < -0.39 is 41.5 Å². The van der Waals surface area contributed by atoms with Crippen molar-refractivity contribution in [3.63, 3.8) is 0 Å². The number of hydrogen-bond acceptors (Lipinski definition) is 8. The Kier molecular flexibility index (Phi) is 7.29. The van der Waals surface area contributed by atoms with Gasteiger partial charge in [0.05, 0.1) is 29.4 Å². The van der Waals surface area contributed by atoms with Crippen molar-refractivity contribution in [1.29, 1.82) is 0 Å². The number of ketones is 1. The summed E-state index contributed by atoms with van der Waals surface area (Å²) in [5, 5.41) is 42.3. The fourth-order valence-corrected chi connectivity index (χ4v) is 4.91. The first-order chi connectivity index (χ1) is 15.1. The van der Waals surface area contributed by atoms with Gasteiger partial charge >= 0.3 is 0 Å². The highest BCUT2D eigenvalue weighted by Gasteiger charge is 2.68. The van der Waals surface area contributed by atoms with Crippen molar-refractivity contribution in [2.24, 2.45) is 11.8 Å². The van der Waals surface area contributed by atoms with Gasteiger partial charge in [-0.2, -0.15) is 0 Å². The van der Waals surface area contributed by atoms with Crippen LogP contribution < -0.4 is 0 Å². The number of epoxide rings is 1. The molecule has 3 unspecified atom stereocenters. The van der Waals surface area contributed by atoms with Crippen LogP contribution in [-0.2, 0) is 15.9 Å². The van der Waals surface area contributed by atoms with Crippen molar-refractivity contribution in [2.75, 3.05) is 0 Å². The van der Waals surface area contributed by atoms with Crippen molar-refractivity contribution in [2.45, 2.75) is 90.0 Å². The minimum Gasteiger partial charge on any atom is -0.507 e. The molecule has 2 saturated heterocycles. The standard InChI is InChI=1S/C24H34O8/c1-5-7-14(17-10-18(26)24(23(30)31-17)19(6-2)32-24)21(28)15-9-13(8-12(3)4)20(27)16(11-25)22(15)29/h9,11-12,14,17-19,23,26-27,29-30H,5-8,10H2,1-4H3/t14?,17-,18-,19?,23-,24?/m1/s1. The molecule has 0 amide bonds. The lowest BCUT2D eigenvalue weighted by molar-refractivity contribution is -0.239. The number of ether oxygens (including phenoxy) is 2. The van der Waals surface area contributed by atoms with Crippen LogP contribution >= 0.6 is 0 Å². The molecule has 1 spiro atoms. The summed E-state index contributed by atoms with van der Waals surface area (Å²) in [7, 11) is 0. The number of aldehydes is 1. The summed E-state index contributed by atoms with van der Waals surface area (Å²) < 4.78 is 11.3. The molecular weight excluding hydrogens is 416 g/mol. The molecular formula is C24H34O8. The fourth-order valence-electron chi connectivity index (χ4n) is 4.91. The summed E-state index contributed by atoms with van der Waals surface area (Å²) in [5.74, 6) is -1.97. The third-order valence-electron chi connectivity index (χ3n) is 6.61. The second-order valence-corrected chi connectivity index (χ2v) is 9.32. The molecule has 8 nitrogen and oxygen atoms in total. The van der Waals surface area contributed by atoms with Gasteiger partial charge in [0.2, 0.25) is 0 Å². The molecule has 32 heavy (non-hydrogen) atoms. The van der Waals surface area contributed by atoms with E-state index in [9.17, 15) is 30.0 Å². The largest absolute Gasteiger partial charge is 0.507 e. The molecule has 2 fully saturated rings. The van der Waals surface area contributed by atoms with E-state index in [4.69, 9.17) is 9.47 Å². The molecule has 2 aliphatic rings. The summed E-state index contributed by atoms with van der Waals surface area (Å²) in [6.07, 6.45) is -0.969. The fraction of sp³-hybridized carbons (Fsp3) is 0.667. The van der Waals surface area contributed by atoms with E-state index in [-0.39, 0.29) is 35.3 Å². The number of phenols is 2. The van der Waals surface area contributed by atoms with E-state index in [1.165, 1.54) is 6.07 Å². The molecule has 6 atom stereocenters. The monoisotopic (exact) mass is 450 g/mol. The second kappa shape index (κ2) is 9.47. The van der Waals surface area contributed by atoms with Gasteiger partial charge in [-0.05, 0) is 36.8 Å². The van der Waals surface area contributed by atoms with Gasteiger partial charge in [-0.1, -0.05) is 34.1 Å². The zero-order chi connectivity index (χ0) is 23.8. The maximum atomic E-state index is 13.6. The molecule has 2 heterocycles. The Morgan fingerprint density at radius 2 is 1.94 bits per heavy atom. The van der Waals surface area contributed by atoms with Gasteiger partial charge in [0.25, 0.3) is 0 Å². The van der Waals surface area contributed by atoms with Crippen LogP contribution in [-0.4, -0.2) is 62.7 Å². The Balaban J connectivity index is 1.94. The molecule has 0 bridgehead atoms. The van der Waals surface area contributed by atoms with E-state index in [2.05, 4.69) is 0 Å². The SMILES string of the molecule is CCCC(C(=O)c1cc(CC(C)C)c(O)c(C=O)c1O)[C@H]1C[C@@H](O)C2(OC2CC)[C@H](O)O1. The van der Waals surface area contributed by atoms with Gasteiger partial charge in [-0.25, -0.2) is 0 Å². The van der Waals surface area contributed by atoms with E-state index in [0.717, 1.165) is 0 Å². The first-order valence-corrected chi connectivity index (χ1v) is 11.4. The molecule has 1 aromatic carbocycles. The third-order valence-corrected chi connectivity index (χ3v) is 6.61. The lowest BCUT2D eigenvalue weighted by Gasteiger charge is -2.39. The van der Waals surface area contributed by atoms with Gasteiger partial charge < -0.3 is 29.9 Å². The number of phenolic OH excluding ortho intramolecular Hbond substituents is 2. The van der Waals surface area contributed by atoms with E-state index >= 15 is 0 Å². The summed E-state index contributed by atoms with van der Waals surface area (Å²) in [4.78, 5) is 25.1. The Bertz CT molecular complexity index is 852. The van der Waals surface area contributed by atoms with Crippen LogP contribution in [0.15, 0.2) is 6.07 Å². The summed E-state index contributed by atoms with van der Waals surface area (Å²) >= 11 is 0. The molecule has 0 radical (unpaired) electrons. The van der Waals surface area contributed by atoms with Gasteiger partial charge in [0.15, 0.2) is 24.0 Å². The van der Waals surface area contributed by atoms with Gasteiger partial charge in [0.1, 0.15) is 11.5 Å². The number of rotatable bonds is 9. The average molecular weight is 451 g/mol. The molecule has 1 aromatic rings. The normalized spacial score (nSPS) is 30.5. The second-order valence-electron chi connectivity index (χ2n) is 9.32. The van der Waals surface area contributed by atoms with Crippen molar-refractivity contribution in [1.82, 2.24) is 0 Å². The zero-order valence-corrected chi connectivity index (χ0v) is 19.1. The van der Waals surface area contributed by atoms with Gasteiger partial charge in [0, 0.05) is 12.3 Å². The molecule has 3 rings (SSSR count). The molecule has 4 N–H and O–H groups in total. The van der Waals surface area contributed by atoms with Crippen LogP contribution in [0.5, 0.6) is 11.5 Å². The predicted molar refractivity (Wildman–Crippen MR) is 116 cm³/mol. The minimum absolute atomic E-state index is 0.0685. The molecule has 178 valence electrons. The van der Waals surface area contributed by atoms with Crippen molar-refractivity contribution in [3.05, 3.63) is 22.8 Å². The molecule has 0 aliphatic carbocycles. The van der Waals surface area contributed by atoms with E-state index in [0.29, 0.717) is 37.5 Å². The smallest absolute Gasteiger partial charge is 0.189 e. The predicted octanol–water partition coefficient (Wildman–Crippen LogP) is 2.72. The maximum Gasteiger partial charge on any atom is 0.189 e. The number of aromatic hydroxyl groups is 2. The molecule has 0 aromatic heterocycles.